The number of esters is 4. The zero-order valence-electron chi connectivity index (χ0n) is 28.3. The van der Waals surface area contributed by atoms with Crippen LogP contribution in [-0.4, -0.2) is 79.3 Å². The summed E-state index contributed by atoms with van der Waals surface area (Å²) in [5, 5.41) is 0. The molecule has 0 aromatic heterocycles. The SMILES string of the molecule is C=C(CO[C@H]1O[C@H](COC(C)=O)[C@@H](OC(C)=O)[C@H](OC(C)=O)[C@H]1OC(C)=O)CSCCCCCCCCCCCCCCCC. The first kappa shape index (κ1) is 40.9. The predicted octanol–water partition coefficient (Wildman–Crippen LogP) is 6.86. The van der Waals surface area contributed by atoms with Crippen molar-refractivity contribution in [3.63, 3.8) is 0 Å². The molecular weight excluding hydrogens is 600 g/mol. The van der Waals surface area contributed by atoms with Crippen LogP contribution in [0.25, 0.3) is 0 Å². The summed E-state index contributed by atoms with van der Waals surface area (Å²) in [7, 11) is 0. The van der Waals surface area contributed by atoms with E-state index in [9.17, 15) is 19.2 Å². The third kappa shape index (κ3) is 19.9. The Kier molecular flexibility index (Phi) is 22.8. The number of unbranched alkanes of at least 4 members (excludes halogenated alkanes) is 13. The summed E-state index contributed by atoms with van der Waals surface area (Å²) in [6, 6.07) is 0. The number of carbonyl (C=O) groups excluding carboxylic acids is 4. The second-order valence-electron chi connectivity index (χ2n) is 11.8. The highest BCUT2D eigenvalue weighted by atomic mass is 32.2. The highest BCUT2D eigenvalue weighted by Gasteiger charge is 2.52. The summed E-state index contributed by atoms with van der Waals surface area (Å²) in [4.78, 5) is 47.3. The maximum absolute atomic E-state index is 12.0. The minimum Gasteiger partial charge on any atom is -0.463 e. The Morgan fingerprint density at radius 3 is 1.60 bits per heavy atom. The van der Waals surface area contributed by atoms with E-state index in [4.69, 9.17) is 28.4 Å². The molecule has 11 heteroatoms. The third-order valence-corrected chi connectivity index (χ3v) is 8.54. The second-order valence-corrected chi connectivity index (χ2v) is 12.9. The van der Waals surface area contributed by atoms with Gasteiger partial charge in [-0.2, -0.15) is 11.8 Å². The van der Waals surface area contributed by atoms with E-state index >= 15 is 0 Å². The van der Waals surface area contributed by atoms with Gasteiger partial charge in [0.05, 0.1) is 6.61 Å². The summed E-state index contributed by atoms with van der Waals surface area (Å²) in [6.45, 7) is 10.9. The smallest absolute Gasteiger partial charge is 0.303 e. The molecule has 0 saturated carbocycles. The van der Waals surface area contributed by atoms with Gasteiger partial charge >= 0.3 is 23.9 Å². The van der Waals surface area contributed by atoms with Crippen LogP contribution in [0.5, 0.6) is 0 Å². The lowest BCUT2D eigenvalue weighted by molar-refractivity contribution is -0.306. The molecule has 1 heterocycles. The molecule has 10 nitrogen and oxygen atoms in total. The van der Waals surface area contributed by atoms with E-state index in [-0.39, 0.29) is 13.2 Å². The zero-order chi connectivity index (χ0) is 33.5. The van der Waals surface area contributed by atoms with E-state index < -0.39 is 54.6 Å². The van der Waals surface area contributed by atoms with Crippen molar-refractivity contribution in [2.45, 2.75) is 155 Å². The molecule has 1 rings (SSSR count). The predicted molar refractivity (Wildman–Crippen MR) is 175 cm³/mol. The summed E-state index contributed by atoms with van der Waals surface area (Å²) < 4.78 is 33.3. The van der Waals surface area contributed by atoms with Crippen molar-refractivity contribution in [1.82, 2.24) is 0 Å². The van der Waals surface area contributed by atoms with Gasteiger partial charge in [0.1, 0.15) is 12.7 Å². The summed E-state index contributed by atoms with van der Waals surface area (Å²) >= 11 is 1.78. The minimum absolute atomic E-state index is 0.0967. The Hall–Kier alpha value is -2.11. The quantitative estimate of drug-likeness (QED) is 0.0442. The van der Waals surface area contributed by atoms with Crippen molar-refractivity contribution in [3.8, 4) is 0 Å². The second kappa shape index (κ2) is 25.0. The van der Waals surface area contributed by atoms with E-state index in [1.807, 2.05) is 0 Å². The lowest BCUT2D eigenvalue weighted by atomic mass is 9.98. The molecule has 1 aliphatic rings. The van der Waals surface area contributed by atoms with E-state index in [0.717, 1.165) is 17.7 Å². The molecule has 0 bridgehead atoms. The van der Waals surface area contributed by atoms with Crippen molar-refractivity contribution in [2.75, 3.05) is 24.7 Å². The average molecular weight is 659 g/mol. The molecule has 260 valence electrons. The molecule has 1 fully saturated rings. The number of rotatable bonds is 25. The first-order valence-electron chi connectivity index (χ1n) is 16.7. The fourth-order valence-corrected chi connectivity index (χ4v) is 6.10. The third-order valence-electron chi connectivity index (χ3n) is 7.35. The van der Waals surface area contributed by atoms with Gasteiger partial charge in [0.25, 0.3) is 0 Å². The van der Waals surface area contributed by atoms with Crippen molar-refractivity contribution in [3.05, 3.63) is 12.2 Å². The van der Waals surface area contributed by atoms with Crippen LogP contribution in [0, 0.1) is 0 Å². The summed E-state index contributed by atoms with van der Waals surface area (Å²) in [5.74, 6) is -0.908. The Morgan fingerprint density at radius 1 is 0.644 bits per heavy atom. The maximum atomic E-state index is 12.0. The van der Waals surface area contributed by atoms with Crippen LogP contribution in [-0.2, 0) is 47.6 Å². The maximum Gasteiger partial charge on any atom is 0.303 e. The lowest BCUT2D eigenvalue weighted by Crippen LogP contribution is -2.63. The molecule has 0 radical (unpaired) electrons. The first-order chi connectivity index (χ1) is 21.5. The molecular formula is C34H58O10S. The van der Waals surface area contributed by atoms with Gasteiger partial charge in [0, 0.05) is 33.4 Å². The Labute approximate surface area is 275 Å². The van der Waals surface area contributed by atoms with Crippen LogP contribution in [0.4, 0.5) is 0 Å². The van der Waals surface area contributed by atoms with Crippen LogP contribution >= 0.6 is 11.8 Å². The fraction of sp³-hybridized carbons (Fsp3) is 0.824. The minimum atomic E-state index is -1.25. The van der Waals surface area contributed by atoms with E-state index in [1.165, 1.54) is 111 Å². The van der Waals surface area contributed by atoms with Crippen LogP contribution in [0.15, 0.2) is 12.2 Å². The molecule has 0 spiro atoms. The van der Waals surface area contributed by atoms with Gasteiger partial charge in [-0.1, -0.05) is 97.0 Å². The van der Waals surface area contributed by atoms with Gasteiger partial charge in [-0.05, 0) is 17.7 Å². The Bertz CT molecular complexity index is 879. The molecule has 1 aliphatic heterocycles. The fourth-order valence-electron chi connectivity index (χ4n) is 5.18. The van der Waals surface area contributed by atoms with Crippen molar-refractivity contribution in [2.24, 2.45) is 0 Å². The van der Waals surface area contributed by atoms with Crippen LogP contribution < -0.4 is 0 Å². The monoisotopic (exact) mass is 658 g/mol. The molecule has 1 saturated heterocycles. The molecule has 5 atom stereocenters. The number of carbonyl (C=O) groups is 4. The first-order valence-corrected chi connectivity index (χ1v) is 17.9. The molecule has 45 heavy (non-hydrogen) atoms. The summed E-state index contributed by atoms with van der Waals surface area (Å²) in [6.07, 6.45) is 12.7. The van der Waals surface area contributed by atoms with Gasteiger partial charge in [-0.15, -0.1) is 0 Å². The topological polar surface area (TPSA) is 124 Å². The zero-order valence-corrected chi connectivity index (χ0v) is 29.1. The van der Waals surface area contributed by atoms with Crippen molar-refractivity contribution < 1.29 is 47.6 Å². The van der Waals surface area contributed by atoms with Gasteiger partial charge in [-0.25, -0.2) is 0 Å². The van der Waals surface area contributed by atoms with Gasteiger partial charge < -0.3 is 28.4 Å². The molecule has 0 amide bonds. The average Bonchev–Trinajstić information content (AvgIpc) is 2.96. The number of ether oxygens (including phenoxy) is 6. The molecule has 0 aromatic rings. The van der Waals surface area contributed by atoms with Crippen LogP contribution in [0.3, 0.4) is 0 Å². The normalized spacial score (nSPS) is 21.1. The van der Waals surface area contributed by atoms with E-state index in [2.05, 4.69) is 13.5 Å². The van der Waals surface area contributed by atoms with Gasteiger partial charge in [0.2, 0.25) is 0 Å². The standard InChI is InChI=1S/C34H58O10S/c1-7-8-9-10-11-12-13-14-15-16-17-18-19-20-21-45-24-25(2)22-40-34-33(43-29(6)38)32(42-28(5)37)31(41-27(4)36)30(44-34)23-39-26(3)35/h30-34H,2,7-24H2,1,3-6H3/t30-,31-,32+,33-,34+/m1/s1. The van der Waals surface area contributed by atoms with Gasteiger partial charge in [0.15, 0.2) is 24.6 Å². The molecule has 0 N–H and O–H groups in total. The molecule has 0 unspecified atom stereocenters. The van der Waals surface area contributed by atoms with E-state index in [1.54, 1.807) is 11.8 Å². The largest absolute Gasteiger partial charge is 0.463 e. The number of hydrogen-bond donors (Lipinski definition) is 0. The van der Waals surface area contributed by atoms with Crippen molar-refractivity contribution in [1.29, 1.82) is 0 Å². The van der Waals surface area contributed by atoms with Gasteiger partial charge in [-0.3, -0.25) is 19.2 Å². The Morgan fingerprint density at radius 2 is 1.11 bits per heavy atom. The lowest BCUT2D eigenvalue weighted by Gasteiger charge is -2.44. The highest BCUT2D eigenvalue weighted by Crippen LogP contribution is 2.30. The van der Waals surface area contributed by atoms with E-state index in [0.29, 0.717) is 5.75 Å². The summed E-state index contributed by atoms with van der Waals surface area (Å²) in [5.41, 5.74) is 0.804. The molecule has 0 aliphatic carbocycles. The number of hydrogen-bond acceptors (Lipinski definition) is 11. The molecule has 0 aromatic carbocycles. The highest BCUT2D eigenvalue weighted by molar-refractivity contribution is 7.99. The van der Waals surface area contributed by atoms with Crippen LogP contribution in [0.2, 0.25) is 0 Å². The Balaban J connectivity index is 2.46. The van der Waals surface area contributed by atoms with Crippen molar-refractivity contribution >= 4 is 35.6 Å². The van der Waals surface area contributed by atoms with Crippen LogP contribution in [0.1, 0.15) is 125 Å². The number of thioether (sulfide) groups is 1.